The number of amides is 1. The first-order valence-corrected chi connectivity index (χ1v) is 10.1. The molecule has 1 saturated heterocycles. The van der Waals surface area contributed by atoms with E-state index in [1.807, 2.05) is 38.6 Å². The largest absolute Gasteiger partial charge is 0.345 e. The Morgan fingerprint density at radius 1 is 1.35 bits per heavy atom. The Morgan fingerprint density at radius 2 is 2.13 bits per heavy atom. The number of fused-ring (bicyclic) bond motifs is 1. The van der Waals surface area contributed by atoms with Crippen molar-refractivity contribution in [1.29, 1.82) is 0 Å². The van der Waals surface area contributed by atoms with E-state index in [2.05, 4.69) is 32.3 Å². The van der Waals surface area contributed by atoms with Crippen LogP contribution in [0.1, 0.15) is 25.6 Å². The molecular weight excluding hydrogens is 401 g/mol. The minimum absolute atomic E-state index is 0.0781. The van der Waals surface area contributed by atoms with Gasteiger partial charge in [-0.3, -0.25) is 9.48 Å². The molecule has 1 aliphatic rings. The van der Waals surface area contributed by atoms with Gasteiger partial charge in [-0.2, -0.15) is 15.1 Å². The highest BCUT2D eigenvalue weighted by atomic mass is 19.1. The summed E-state index contributed by atoms with van der Waals surface area (Å²) in [6.07, 6.45) is 3.48. The standard InChI is InChI=1S/C20H26FN9O/c1-6-16(31)23-15-9-29(7-13(15)21)20-25-18(24-14-8-28(5)27-12(14)4)17-19(26-20)30(10-22-17)11(2)3/h6,8,10-11,13,15H,1,7,9H2,2-5H3,(H,23,31)(H,24,25,26)/t13-,15+/m0/s1. The summed E-state index contributed by atoms with van der Waals surface area (Å²) in [5, 5.41) is 10.3. The minimum Gasteiger partial charge on any atom is -0.345 e. The quantitative estimate of drug-likeness (QED) is 0.580. The number of aromatic nitrogens is 6. The van der Waals surface area contributed by atoms with Crippen LogP contribution in [0.2, 0.25) is 0 Å². The zero-order valence-electron chi connectivity index (χ0n) is 18.0. The van der Waals surface area contributed by atoms with E-state index < -0.39 is 18.1 Å². The number of carbonyl (C=O) groups is 1. The minimum atomic E-state index is -1.24. The predicted octanol–water partition coefficient (Wildman–Crippen LogP) is 2.02. The van der Waals surface area contributed by atoms with Gasteiger partial charge in [-0.15, -0.1) is 0 Å². The molecular formula is C20H26FN9O. The third kappa shape index (κ3) is 3.94. The summed E-state index contributed by atoms with van der Waals surface area (Å²) >= 11 is 0. The van der Waals surface area contributed by atoms with Gasteiger partial charge in [-0.25, -0.2) is 9.37 Å². The maximum atomic E-state index is 14.6. The molecule has 10 nitrogen and oxygen atoms in total. The number of imidazole rings is 1. The number of halogens is 1. The Morgan fingerprint density at radius 3 is 2.77 bits per heavy atom. The molecule has 1 aliphatic heterocycles. The van der Waals surface area contributed by atoms with Crippen molar-refractivity contribution in [3.63, 3.8) is 0 Å². The van der Waals surface area contributed by atoms with Gasteiger partial charge in [0.25, 0.3) is 0 Å². The highest BCUT2D eigenvalue weighted by molar-refractivity contribution is 5.88. The van der Waals surface area contributed by atoms with Gasteiger partial charge >= 0.3 is 0 Å². The van der Waals surface area contributed by atoms with Crippen LogP contribution < -0.4 is 15.5 Å². The third-order valence-corrected chi connectivity index (χ3v) is 5.28. The molecule has 2 atom stereocenters. The van der Waals surface area contributed by atoms with E-state index >= 15 is 0 Å². The maximum Gasteiger partial charge on any atom is 0.243 e. The van der Waals surface area contributed by atoms with Crippen molar-refractivity contribution in [3.05, 3.63) is 30.9 Å². The summed E-state index contributed by atoms with van der Waals surface area (Å²) in [7, 11) is 1.84. The SMILES string of the molecule is C=CC(=O)N[C@@H]1CN(c2nc(Nc3cn(C)nc3C)c3ncn(C(C)C)c3n2)C[C@@H]1F. The van der Waals surface area contributed by atoms with Crippen LogP contribution in [0, 0.1) is 6.92 Å². The van der Waals surface area contributed by atoms with Gasteiger partial charge in [0.1, 0.15) is 6.17 Å². The van der Waals surface area contributed by atoms with Gasteiger partial charge in [0.15, 0.2) is 17.0 Å². The first kappa shape index (κ1) is 20.8. The van der Waals surface area contributed by atoms with E-state index in [0.29, 0.717) is 22.9 Å². The van der Waals surface area contributed by atoms with Crippen molar-refractivity contribution in [3.8, 4) is 0 Å². The lowest BCUT2D eigenvalue weighted by atomic mass is 10.2. The van der Waals surface area contributed by atoms with Gasteiger partial charge in [-0.05, 0) is 26.8 Å². The van der Waals surface area contributed by atoms with Crippen LogP contribution in [-0.2, 0) is 11.8 Å². The van der Waals surface area contributed by atoms with Gasteiger partial charge in [0.2, 0.25) is 11.9 Å². The molecule has 11 heteroatoms. The first-order chi connectivity index (χ1) is 14.8. The lowest BCUT2D eigenvalue weighted by molar-refractivity contribution is -0.117. The molecule has 1 amide bonds. The Balaban J connectivity index is 1.73. The third-order valence-electron chi connectivity index (χ3n) is 5.28. The number of nitrogens with zero attached hydrogens (tertiary/aromatic N) is 7. The van der Waals surface area contributed by atoms with E-state index in [4.69, 9.17) is 4.98 Å². The van der Waals surface area contributed by atoms with Crippen molar-refractivity contribution < 1.29 is 9.18 Å². The number of aryl methyl sites for hydroxylation is 2. The van der Waals surface area contributed by atoms with Crippen molar-refractivity contribution in [2.45, 2.75) is 39.0 Å². The van der Waals surface area contributed by atoms with Crippen LogP contribution >= 0.6 is 0 Å². The summed E-state index contributed by atoms with van der Waals surface area (Å²) in [5.41, 5.74) is 2.89. The van der Waals surface area contributed by atoms with Crippen LogP contribution in [0.5, 0.6) is 0 Å². The first-order valence-electron chi connectivity index (χ1n) is 10.1. The molecule has 0 spiro atoms. The lowest BCUT2D eigenvalue weighted by Gasteiger charge is -2.18. The predicted molar refractivity (Wildman–Crippen MR) is 116 cm³/mol. The number of hydrogen-bond acceptors (Lipinski definition) is 7. The zero-order valence-corrected chi connectivity index (χ0v) is 18.0. The molecule has 1 fully saturated rings. The number of anilines is 3. The number of hydrogen-bond donors (Lipinski definition) is 2. The Kier molecular flexibility index (Phi) is 5.34. The van der Waals surface area contributed by atoms with Crippen LogP contribution in [0.15, 0.2) is 25.2 Å². The summed E-state index contributed by atoms with van der Waals surface area (Å²) in [6.45, 7) is 9.73. The van der Waals surface area contributed by atoms with E-state index in [9.17, 15) is 9.18 Å². The highest BCUT2D eigenvalue weighted by Gasteiger charge is 2.35. The molecule has 0 aliphatic carbocycles. The van der Waals surface area contributed by atoms with E-state index in [1.165, 1.54) is 0 Å². The topological polar surface area (TPSA) is 106 Å². The van der Waals surface area contributed by atoms with Crippen LogP contribution in [0.25, 0.3) is 11.2 Å². The fourth-order valence-corrected chi connectivity index (χ4v) is 3.67. The monoisotopic (exact) mass is 427 g/mol. The second kappa shape index (κ2) is 7.97. The molecule has 3 aromatic rings. The average Bonchev–Trinajstić information content (AvgIpc) is 3.39. The normalized spacial score (nSPS) is 18.7. The zero-order chi connectivity index (χ0) is 22.3. The molecule has 0 aromatic carbocycles. The average molecular weight is 427 g/mol. The number of alkyl halides is 1. The van der Waals surface area contributed by atoms with Crippen molar-refractivity contribution >= 4 is 34.5 Å². The van der Waals surface area contributed by atoms with Gasteiger partial charge in [0, 0.05) is 25.8 Å². The molecule has 0 unspecified atom stereocenters. The molecule has 164 valence electrons. The molecule has 2 N–H and O–H groups in total. The van der Waals surface area contributed by atoms with Gasteiger partial charge < -0.3 is 20.1 Å². The molecule has 0 saturated carbocycles. The molecule has 3 aromatic heterocycles. The van der Waals surface area contributed by atoms with Gasteiger partial charge in [-0.1, -0.05) is 6.58 Å². The Hall–Kier alpha value is -3.50. The van der Waals surface area contributed by atoms with Gasteiger partial charge in [0.05, 0.1) is 30.3 Å². The molecule has 4 rings (SSSR count). The number of nitrogens with one attached hydrogen (secondary N) is 2. The smallest absolute Gasteiger partial charge is 0.243 e. The number of carbonyl (C=O) groups excluding carboxylic acids is 1. The fourth-order valence-electron chi connectivity index (χ4n) is 3.67. The molecule has 0 bridgehead atoms. The second-order valence-electron chi connectivity index (χ2n) is 7.96. The summed E-state index contributed by atoms with van der Waals surface area (Å²) in [5.74, 6) is 0.486. The second-order valence-corrected chi connectivity index (χ2v) is 7.96. The highest BCUT2D eigenvalue weighted by Crippen LogP contribution is 2.29. The van der Waals surface area contributed by atoms with E-state index in [0.717, 1.165) is 17.5 Å². The lowest BCUT2D eigenvalue weighted by Crippen LogP contribution is -2.40. The Bertz CT molecular complexity index is 1140. The molecule has 31 heavy (non-hydrogen) atoms. The number of rotatable bonds is 6. The van der Waals surface area contributed by atoms with Crippen LogP contribution in [0.4, 0.5) is 21.8 Å². The van der Waals surface area contributed by atoms with E-state index in [-0.39, 0.29) is 19.1 Å². The van der Waals surface area contributed by atoms with Crippen molar-refractivity contribution in [1.82, 2.24) is 34.6 Å². The fraction of sp³-hybridized carbons (Fsp3) is 0.450. The van der Waals surface area contributed by atoms with Crippen molar-refractivity contribution in [2.24, 2.45) is 7.05 Å². The molecule has 4 heterocycles. The van der Waals surface area contributed by atoms with Crippen LogP contribution in [0.3, 0.4) is 0 Å². The maximum absolute atomic E-state index is 14.6. The Labute approximate surface area is 179 Å². The van der Waals surface area contributed by atoms with E-state index in [1.54, 1.807) is 15.9 Å². The van der Waals surface area contributed by atoms with Crippen molar-refractivity contribution in [2.75, 3.05) is 23.3 Å². The molecule has 0 radical (unpaired) electrons. The summed E-state index contributed by atoms with van der Waals surface area (Å²) in [6, 6.07) is -0.523. The summed E-state index contributed by atoms with van der Waals surface area (Å²) in [4.78, 5) is 27.2. The summed E-state index contributed by atoms with van der Waals surface area (Å²) < 4.78 is 18.3. The van der Waals surface area contributed by atoms with Crippen LogP contribution in [-0.4, -0.2) is 60.5 Å².